The van der Waals surface area contributed by atoms with Crippen molar-refractivity contribution in [2.24, 2.45) is 0 Å². The summed E-state index contributed by atoms with van der Waals surface area (Å²) in [5.74, 6) is -0.223. The number of piperazine rings is 1. The van der Waals surface area contributed by atoms with E-state index < -0.39 is 0 Å². The Balaban J connectivity index is 0.00000156. The van der Waals surface area contributed by atoms with Crippen molar-refractivity contribution in [1.29, 1.82) is 0 Å². The molecule has 0 radical (unpaired) electrons. The van der Waals surface area contributed by atoms with E-state index in [1.54, 1.807) is 12.1 Å². The maximum atomic E-state index is 13.9. The van der Waals surface area contributed by atoms with Gasteiger partial charge in [-0.3, -0.25) is 9.80 Å². The van der Waals surface area contributed by atoms with Crippen LogP contribution in [0.5, 0.6) is 0 Å². The quantitative estimate of drug-likeness (QED) is 0.772. The minimum absolute atomic E-state index is 0. The van der Waals surface area contributed by atoms with Gasteiger partial charge in [-0.1, -0.05) is 29.8 Å². The van der Waals surface area contributed by atoms with Crippen molar-refractivity contribution in [2.45, 2.75) is 13.1 Å². The van der Waals surface area contributed by atoms with Crippen molar-refractivity contribution in [3.8, 4) is 0 Å². The normalized spacial score (nSPS) is 15.3. The Morgan fingerprint density at radius 2 is 1.52 bits per heavy atom. The van der Waals surface area contributed by atoms with Crippen molar-refractivity contribution < 1.29 is 4.39 Å². The Morgan fingerprint density at radius 1 is 0.920 bits per heavy atom. The van der Waals surface area contributed by atoms with E-state index in [1.807, 2.05) is 18.2 Å². The molecular formula is C18H23Cl3FN3. The first-order valence-corrected chi connectivity index (χ1v) is 8.21. The highest BCUT2D eigenvalue weighted by atomic mass is 35.5. The van der Waals surface area contributed by atoms with Gasteiger partial charge in [0.25, 0.3) is 0 Å². The Bertz CT molecular complexity index is 656. The molecule has 0 aliphatic carbocycles. The highest BCUT2D eigenvalue weighted by Crippen LogP contribution is 2.21. The summed E-state index contributed by atoms with van der Waals surface area (Å²) in [6, 6.07) is 12.9. The molecule has 0 atom stereocenters. The van der Waals surface area contributed by atoms with Crippen LogP contribution in [0, 0.1) is 5.82 Å². The average molecular weight is 407 g/mol. The molecule has 0 saturated carbocycles. The van der Waals surface area contributed by atoms with Crippen LogP contribution in [0.2, 0.25) is 5.02 Å². The van der Waals surface area contributed by atoms with Gasteiger partial charge in [0, 0.05) is 55.5 Å². The largest absolute Gasteiger partial charge is 0.399 e. The lowest BCUT2D eigenvalue weighted by Crippen LogP contribution is -2.45. The van der Waals surface area contributed by atoms with Crippen LogP contribution in [-0.4, -0.2) is 36.0 Å². The van der Waals surface area contributed by atoms with E-state index in [9.17, 15) is 4.39 Å². The number of rotatable bonds is 4. The fourth-order valence-electron chi connectivity index (χ4n) is 2.96. The first-order chi connectivity index (χ1) is 11.1. The predicted octanol–water partition coefficient (Wildman–Crippen LogP) is 4.22. The SMILES string of the molecule is Cl.Cl.Nc1cccc(CN2CCN(Cc3c(F)cccc3Cl)CC2)c1. The standard InChI is InChI=1S/C18H21ClFN3.2ClH/c19-17-5-2-6-18(20)16(17)13-23-9-7-22(8-10-23)12-14-3-1-4-15(21)11-14;;/h1-6,11H,7-10,12-13,21H2;2*1H. The molecule has 138 valence electrons. The van der Waals surface area contributed by atoms with Gasteiger partial charge in [0.1, 0.15) is 5.82 Å². The Hall–Kier alpha value is -1.04. The Morgan fingerprint density at radius 3 is 2.12 bits per heavy atom. The predicted molar refractivity (Wildman–Crippen MR) is 107 cm³/mol. The van der Waals surface area contributed by atoms with Crippen LogP contribution in [0.1, 0.15) is 11.1 Å². The minimum Gasteiger partial charge on any atom is -0.399 e. The molecule has 2 N–H and O–H groups in total. The van der Waals surface area contributed by atoms with E-state index >= 15 is 0 Å². The van der Waals surface area contributed by atoms with Crippen molar-refractivity contribution in [1.82, 2.24) is 9.80 Å². The molecular weight excluding hydrogens is 384 g/mol. The molecule has 2 aromatic rings. The second-order valence-corrected chi connectivity index (χ2v) is 6.40. The van der Waals surface area contributed by atoms with Crippen LogP contribution in [0.25, 0.3) is 0 Å². The average Bonchev–Trinajstić information content (AvgIpc) is 2.53. The van der Waals surface area contributed by atoms with Crippen molar-refractivity contribution in [3.63, 3.8) is 0 Å². The number of nitrogens with two attached hydrogens (primary N) is 1. The summed E-state index contributed by atoms with van der Waals surface area (Å²) in [4.78, 5) is 4.65. The third kappa shape index (κ3) is 6.01. The number of nitrogen functional groups attached to an aromatic ring is 1. The van der Waals surface area contributed by atoms with E-state index in [2.05, 4.69) is 15.9 Å². The van der Waals surface area contributed by atoms with Gasteiger partial charge in [0.05, 0.1) is 0 Å². The van der Waals surface area contributed by atoms with E-state index in [0.29, 0.717) is 17.1 Å². The van der Waals surface area contributed by atoms with Gasteiger partial charge in [-0.25, -0.2) is 4.39 Å². The summed E-state index contributed by atoms with van der Waals surface area (Å²) in [6.45, 7) is 5.21. The Kier molecular flexibility index (Phi) is 8.97. The highest BCUT2D eigenvalue weighted by molar-refractivity contribution is 6.31. The lowest BCUT2D eigenvalue weighted by Gasteiger charge is -2.35. The third-order valence-electron chi connectivity index (χ3n) is 4.27. The van der Waals surface area contributed by atoms with Crippen LogP contribution in [0.15, 0.2) is 42.5 Å². The van der Waals surface area contributed by atoms with E-state index in [0.717, 1.165) is 38.4 Å². The monoisotopic (exact) mass is 405 g/mol. The number of halogens is 4. The summed E-state index contributed by atoms with van der Waals surface area (Å²) in [7, 11) is 0. The van der Waals surface area contributed by atoms with Crippen LogP contribution in [-0.2, 0) is 13.1 Å². The van der Waals surface area contributed by atoms with Crippen LogP contribution in [0.4, 0.5) is 10.1 Å². The fraction of sp³-hybridized carbons (Fsp3) is 0.333. The smallest absolute Gasteiger partial charge is 0.129 e. The van der Waals surface area contributed by atoms with Gasteiger partial charge in [0.2, 0.25) is 0 Å². The molecule has 1 aliphatic rings. The molecule has 3 rings (SSSR count). The van der Waals surface area contributed by atoms with Crippen LogP contribution in [0.3, 0.4) is 0 Å². The van der Waals surface area contributed by atoms with Crippen LogP contribution < -0.4 is 5.73 Å². The van der Waals surface area contributed by atoms with E-state index in [-0.39, 0.29) is 30.6 Å². The van der Waals surface area contributed by atoms with Crippen molar-refractivity contribution in [2.75, 3.05) is 31.9 Å². The topological polar surface area (TPSA) is 32.5 Å². The van der Waals surface area contributed by atoms with Crippen LogP contribution >= 0.6 is 36.4 Å². The maximum Gasteiger partial charge on any atom is 0.129 e. The fourth-order valence-corrected chi connectivity index (χ4v) is 3.18. The molecule has 1 saturated heterocycles. The lowest BCUT2D eigenvalue weighted by atomic mass is 10.1. The van der Waals surface area contributed by atoms with E-state index in [4.69, 9.17) is 17.3 Å². The zero-order chi connectivity index (χ0) is 16.2. The van der Waals surface area contributed by atoms with Gasteiger partial charge in [0.15, 0.2) is 0 Å². The Labute approximate surface area is 165 Å². The summed E-state index contributed by atoms with van der Waals surface area (Å²) in [5, 5.41) is 0.507. The number of benzene rings is 2. The highest BCUT2D eigenvalue weighted by Gasteiger charge is 2.19. The molecule has 3 nitrogen and oxygen atoms in total. The number of hydrogen-bond donors (Lipinski definition) is 1. The van der Waals surface area contributed by atoms with Gasteiger partial charge < -0.3 is 5.73 Å². The zero-order valence-electron chi connectivity index (χ0n) is 13.8. The molecule has 7 heteroatoms. The van der Waals surface area contributed by atoms with E-state index in [1.165, 1.54) is 11.6 Å². The van der Waals surface area contributed by atoms with Gasteiger partial charge >= 0.3 is 0 Å². The molecule has 0 spiro atoms. The molecule has 25 heavy (non-hydrogen) atoms. The van der Waals surface area contributed by atoms with Gasteiger partial charge in [-0.05, 0) is 29.8 Å². The number of hydrogen-bond acceptors (Lipinski definition) is 3. The number of anilines is 1. The summed E-state index contributed by atoms with van der Waals surface area (Å²) in [6.07, 6.45) is 0. The van der Waals surface area contributed by atoms with Gasteiger partial charge in [-0.2, -0.15) is 0 Å². The molecule has 1 aliphatic heterocycles. The molecule has 1 fully saturated rings. The number of nitrogens with zero attached hydrogens (tertiary/aromatic N) is 2. The van der Waals surface area contributed by atoms with Crippen molar-refractivity contribution >= 4 is 42.1 Å². The molecule has 0 amide bonds. The lowest BCUT2D eigenvalue weighted by molar-refractivity contribution is 0.121. The summed E-state index contributed by atoms with van der Waals surface area (Å²) in [5.41, 5.74) is 8.45. The van der Waals surface area contributed by atoms with Crippen molar-refractivity contribution in [3.05, 3.63) is 64.4 Å². The van der Waals surface area contributed by atoms with Gasteiger partial charge in [-0.15, -0.1) is 24.8 Å². The molecule has 1 heterocycles. The second kappa shape index (κ2) is 10.2. The molecule has 0 bridgehead atoms. The molecule has 0 unspecified atom stereocenters. The second-order valence-electron chi connectivity index (χ2n) is 6.00. The molecule has 2 aromatic carbocycles. The minimum atomic E-state index is -0.223. The first-order valence-electron chi connectivity index (χ1n) is 7.84. The third-order valence-corrected chi connectivity index (χ3v) is 4.62. The first kappa shape index (κ1) is 22.0. The summed E-state index contributed by atoms with van der Waals surface area (Å²) < 4.78 is 13.9. The zero-order valence-corrected chi connectivity index (χ0v) is 16.2. The summed E-state index contributed by atoms with van der Waals surface area (Å²) >= 11 is 6.11. The maximum absolute atomic E-state index is 13.9. The molecule has 0 aromatic heterocycles.